The molecule has 3 aromatic heterocycles. The van der Waals surface area contributed by atoms with E-state index in [4.69, 9.17) is 8.22 Å². The summed E-state index contributed by atoms with van der Waals surface area (Å²) in [6.45, 7) is -3.17. The highest BCUT2D eigenvalue weighted by Gasteiger charge is 2.21. The highest BCUT2D eigenvalue weighted by atomic mass is 19.1. The molecule has 202 valence electrons. The van der Waals surface area contributed by atoms with E-state index in [1.165, 1.54) is 10.6 Å². The Labute approximate surface area is 234 Å². The van der Waals surface area contributed by atoms with Crippen molar-refractivity contribution in [1.82, 2.24) is 28.9 Å². The maximum Gasteiger partial charge on any atom is 0.354 e. The minimum Gasteiger partial charge on any atom is -0.373 e. The Balaban J connectivity index is 1.37. The zero-order valence-corrected chi connectivity index (χ0v) is 21.8. The summed E-state index contributed by atoms with van der Waals surface area (Å²) in [4.78, 5) is 36.1. The van der Waals surface area contributed by atoms with Gasteiger partial charge in [-0.25, -0.2) is 14.2 Å². The van der Waals surface area contributed by atoms with E-state index in [-0.39, 0.29) is 10.5 Å². The average Bonchev–Trinajstić information content (AvgIpc) is 3.27. The summed E-state index contributed by atoms with van der Waals surface area (Å²) in [5, 5.41) is 3.66. The van der Waals surface area contributed by atoms with Crippen LogP contribution in [0.5, 0.6) is 0 Å². The van der Waals surface area contributed by atoms with Gasteiger partial charge in [-0.05, 0) is 54.8 Å². The Kier molecular flexibility index (Phi) is 5.28. The first-order valence-corrected chi connectivity index (χ1v) is 12.4. The van der Waals surface area contributed by atoms with E-state index < -0.39 is 31.4 Å². The molecule has 1 aliphatic heterocycles. The van der Waals surface area contributed by atoms with Crippen molar-refractivity contribution in [2.24, 2.45) is 7.05 Å². The number of anilines is 1. The molecule has 1 amide bonds. The Morgan fingerprint density at radius 1 is 1.26 bits per heavy atom. The number of pyridine rings is 1. The van der Waals surface area contributed by atoms with Crippen LogP contribution in [0.1, 0.15) is 41.8 Å². The number of nitrogens with zero attached hydrogens (tertiary/aromatic N) is 6. The van der Waals surface area contributed by atoms with Gasteiger partial charge in [-0.1, -0.05) is 6.08 Å². The molecule has 4 aromatic rings. The van der Waals surface area contributed by atoms with Crippen molar-refractivity contribution in [2.75, 3.05) is 39.4 Å². The first-order chi connectivity index (χ1) is 21.1. The van der Waals surface area contributed by atoms with Crippen LogP contribution < -0.4 is 11.0 Å². The van der Waals surface area contributed by atoms with Crippen LogP contribution in [0.3, 0.4) is 0 Å². The van der Waals surface area contributed by atoms with E-state index >= 15 is 4.39 Å². The Morgan fingerprint density at radius 3 is 2.74 bits per heavy atom. The van der Waals surface area contributed by atoms with Crippen LogP contribution in [-0.2, 0) is 13.6 Å². The Hall–Kier alpha value is -4.31. The summed E-state index contributed by atoms with van der Waals surface area (Å²) in [7, 11) is 3.60. The Morgan fingerprint density at radius 2 is 2.08 bits per heavy atom. The maximum absolute atomic E-state index is 15.4. The summed E-state index contributed by atoms with van der Waals surface area (Å²) in [5.74, 6) is -1.55. The number of hydrogen-bond donors (Lipinski definition) is 1. The fourth-order valence-electron chi connectivity index (χ4n) is 5.06. The normalized spacial score (nSPS) is 16.9. The number of carbonyl (C=O) groups is 1. The molecule has 0 aliphatic carbocycles. The minimum atomic E-state index is -3.23. The van der Waals surface area contributed by atoms with E-state index in [1.54, 1.807) is 38.5 Å². The van der Waals surface area contributed by atoms with E-state index in [1.807, 2.05) is 23.8 Å². The molecular formula is C29H32FN7O2. The number of rotatable bonds is 6. The largest absolute Gasteiger partial charge is 0.373 e. The molecule has 0 bridgehead atoms. The molecule has 0 atom stereocenters. The molecule has 1 aromatic carbocycles. The van der Waals surface area contributed by atoms with Crippen LogP contribution >= 0.6 is 0 Å². The van der Waals surface area contributed by atoms with Gasteiger partial charge in [0.05, 0.1) is 5.69 Å². The Bertz CT molecular complexity index is 1840. The lowest BCUT2D eigenvalue weighted by Gasteiger charge is -2.27. The fourth-order valence-corrected chi connectivity index (χ4v) is 5.06. The molecule has 0 unspecified atom stereocenters. The molecule has 5 rings (SSSR count). The molecule has 4 heterocycles. The second-order valence-electron chi connectivity index (χ2n) is 9.48. The number of aromatic nitrogens is 4. The number of amides is 1. The summed E-state index contributed by atoms with van der Waals surface area (Å²) in [5.41, 5.74) is 3.02. The number of aryl methyl sites for hydroxylation is 2. The van der Waals surface area contributed by atoms with E-state index in [0.717, 1.165) is 22.7 Å². The quantitative estimate of drug-likeness (QED) is 0.406. The minimum absolute atomic E-state index is 0.175. The van der Waals surface area contributed by atoms with Crippen molar-refractivity contribution in [3.8, 4) is 5.69 Å². The number of benzene rings is 1. The summed E-state index contributed by atoms with van der Waals surface area (Å²) >= 11 is 0. The highest BCUT2D eigenvalue weighted by Crippen LogP contribution is 2.30. The molecule has 0 saturated heterocycles. The van der Waals surface area contributed by atoms with Crippen LogP contribution in [0.2, 0.25) is 0 Å². The molecule has 10 heteroatoms. The molecule has 1 aliphatic rings. The smallest absolute Gasteiger partial charge is 0.354 e. The van der Waals surface area contributed by atoms with Gasteiger partial charge in [-0.2, -0.15) is 4.98 Å². The van der Waals surface area contributed by atoms with Crippen LogP contribution in [0.4, 0.5) is 10.2 Å². The lowest BCUT2D eigenvalue weighted by atomic mass is 9.93. The zero-order valence-electron chi connectivity index (χ0n) is 27.8. The molecule has 1 N–H and O–H groups in total. The molecule has 0 saturated carbocycles. The predicted molar refractivity (Wildman–Crippen MR) is 151 cm³/mol. The van der Waals surface area contributed by atoms with Gasteiger partial charge < -0.3 is 14.8 Å². The fraction of sp³-hybridized carbons (Fsp3) is 0.310. The monoisotopic (exact) mass is 535 g/mol. The van der Waals surface area contributed by atoms with Crippen LogP contribution in [0, 0.1) is 12.7 Å². The van der Waals surface area contributed by atoms with Gasteiger partial charge in [0.25, 0.3) is 5.91 Å². The molecular weight excluding hydrogens is 497 g/mol. The molecule has 39 heavy (non-hydrogen) atoms. The third kappa shape index (κ3) is 4.95. The summed E-state index contributed by atoms with van der Waals surface area (Å²) in [6, 6.07) is 7.70. The van der Waals surface area contributed by atoms with Crippen molar-refractivity contribution < 1.29 is 17.4 Å². The SMILES string of the molecule is [2H]C([2H])([2H])N(C(=O)c1cc(C)c(C2=CCN(Cc3cc4c(-n5ccc(NC)nc5=O)ccnc4n3C)CC2)c(F)c1)C([2H])([2H])[2H]. The van der Waals surface area contributed by atoms with Crippen LogP contribution in [0.25, 0.3) is 22.3 Å². The topological polar surface area (TPSA) is 88.3 Å². The van der Waals surface area contributed by atoms with Crippen molar-refractivity contribution in [3.63, 3.8) is 0 Å². The standard InChI is InChI=1S/C29H32FN7O2/c1-18-14-20(28(38)34(3)4)15-23(30)26(18)19-7-11-36(12-8-19)17-21-16-22-24(6-10-32-27(22)35(21)5)37-13-9-25(31-2)33-29(37)39/h6-7,9-10,13-16H,8,11-12,17H2,1-5H3,(H,31,33,39)/i3D3,4D3. The zero-order chi connectivity index (χ0) is 32.8. The van der Waals surface area contributed by atoms with Crippen molar-refractivity contribution >= 4 is 28.3 Å². The average molecular weight is 536 g/mol. The van der Waals surface area contributed by atoms with Gasteiger partial charge >= 0.3 is 5.69 Å². The van der Waals surface area contributed by atoms with Crippen molar-refractivity contribution in [2.45, 2.75) is 19.9 Å². The van der Waals surface area contributed by atoms with Gasteiger partial charge in [0, 0.05) is 90.5 Å². The maximum atomic E-state index is 15.4. The molecule has 9 nitrogen and oxygen atoms in total. The van der Waals surface area contributed by atoms with E-state index in [2.05, 4.69) is 20.2 Å². The highest BCUT2D eigenvalue weighted by molar-refractivity contribution is 5.94. The number of hydrogen-bond acceptors (Lipinski definition) is 6. The molecule has 0 fully saturated rings. The lowest BCUT2D eigenvalue weighted by Crippen LogP contribution is -2.29. The molecule has 0 radical (unpaired) electrons. The van der Waals surface area contributed by atoms with E-state index in [9.17, 15) is 9.59 Å². The van der Waals surface area contributed by atoms with Gasteiger partial charge in [0.15, 0.2) is 0 Å². The lowest BCUT2D eigenvalue weighted by molar-refractivity contribution is 0.0827. The number of halogens is 1. The first kappa shape index (κ1) is 19.7. The third-order valence-electron chi connectivity index (χ3n) is 7.06. The van der Waals surface area contributed by atoms with Crippen LogP contribution in [0.15, 0.2) is 53.6 Å². The first-order valence-electron chi connectivity index (χ1n) is 15.4. The second-order valence-corrected chi connectivity index (χ2v) is 9.48. The van der Waals surface area contributed by atoms with Gasteiger partial charge in [-0.3, -0.25) is 14.3 Å². The third-order valence-corrected chi connectivity index (χ3v) is 7.06. The van der Waals surface area contributed by atoms with Crippen LogP contribution in [-0.4, -0.2) is 68.9 Å². The van der Waals surface area contributed by atoms with Gasteiger partial charge in [-0.15, -0.1) is 0 Å². The second kappa shape index (κ2) is 10.5. The summed E-state index contributed by atoms with van der Waals surface area (Å²) in [6.07, 6.45) is 5.73. The van der Waals surface area contributed by atoms with Gasteiger partial charge in [0.2, 0.25) is 0 Å². The van der Waals surface area contributed by atoms with Gasteiger partial charge in [0.1, 0.15) is 17.3 Å². The number of nitrogens with one attached hydrogen (secondary N) is 1. The summed E-state index contributed by atoms with van der Waals surface area (Å²) < 4.78 is 63.9. The number of carbonyl (C=O) groups excluding carboxylic acids is 1. The van der Waals surface area contributed by atoms with Crippen molar-refractivity contribution in [3.05, 3.63) is 87.5 Å². The van der Waals surface area contributed by atoms with E-state index in [0.29, 0.717) is 54.3 Å². The predicted octanol–water partition coefficient (Wildman–Crippen LogP) is 3.60. The van der Waals surface area contributed by atoms with Crippen molar-refractivity contribution in [1.29, 1.82) is 0 Å². The number of fused-ring (bicyclic) bond motifs is 1. The molecule has 0 spiro atoms.